The van der Waals surface area contributed by atoms with Crippen LogP contribution in [0, 0.1) is 19.3 Å². The van der Waals surface area contributed by atoms with Gasteiger partial charge >= 0.3 is 0 Å². The average Bonchev–Trinajstić information content (AvgIpc) is 2.22. The number of carbonyl (C=O) groups excluding carboxylic acids is 1. The molecule has 84 valence electrons. The second-order valence-electron chi connectivity index (χ2n) is 3.75. The van der Waals surface area contributed by atoms with Crippen LogP contribution in [0.4, 0.5) is 0 Å². The van der Waals surface area contributed by atoms with Gasteiger partial charge in [0.25, 0.3) is 5.91 Å². The highest BCUT2D eigenvalue weighted by Crippen LogP contribution is 2.17. The van der Waals surface area contributed by atoms with Crippen molar-refractivity contribution in [3.05, 3.63) is 33.8 Å². The Morgan fingerprint density at radius 2 is 2.31 bits per heavy atom. The number of amides is 1. The zero-order chi connectivity index (χ0) is 12.1. The Balaban J connectivity index is 2.74. The molecule has 0 saturated heterocycles. The molecule has 16 heavy (non-hydrogen) atoms. The number of rotatable bonds is 3. The number of hydrogen-bond acceptors (Lipinski definition) is 1. The Bertz CT molecular complexity index is 434. The van der Waals surface area contributed by atoms with Crippen LogP contribution < -0.4 is 5.32 Å². The molecule has 0 aromatic heterocycles. The van der Waals surface area contributed by atoms with Crippen LogP contribution in [0.3, 0.4) is 0 Å². The number of aryl methyl sites for hydroxylation is 1. The summed E-state index contributed by atoms with van der Waals surface area (Å²) in [6.07, 6.45) is 5.72. The van der Waals surface area contributed by atoms with Crippen LogP contribution in [0.15, 0.2) is 22.7 Å². The molecule has 0 heterocycles. The van der Waals surface area contributed by atoms with Gasteiger partial charge in [-0.1, -0.05) is 15.9 Å². The van der Waals surface area contributed by atoms with Gasteiger partial charge in [0.05, 0.1) is 0 Å². The van der Waals surface area contributed by atoms with E-state index in [0.717, 1.165) is 10.0 Å². The molecule has 3 heteroatoms. The van der Waals surface area contributed by atoms with Crippen molar-refractivity contribution in [2.24, 2.45) is 0 Å². The van der Waals surface area contributed by atoms with Crippen LogP contribution in [0.2, 0.25) is 0 Å². The summed E-state index contributed by atoms with van der Waals surface area (Å²) < 4.78 is 1.00. The van der Waals surface area contributed by atoms with Gasteiger partial charge in [0.15, 0.2) is 0 Å². The Labute approximate surface area is 105 Å². The first kappa shape index (κ1) is 12.8. The fraction of sp³-hybridized carbons (Fsp3) is 0.308. The molecular weight excluding hydrogens is 266 g/mol. The minimum Gasteiger partial charge on any atom is -0.349 e. The van der Waals surface area contributed by atoms with Crippen molar-refractivity contribution >= 4 is 21.8 Å². The van der Waals surface area contributed by atoms with Gasteiger partial charge in [0.2, 0.25) is 0 Å². The third-order valence-electron chi connectivity index (χ3n) is 2.22. The lowest BCUT2D eigenvalue weighted by Gasteiger charge is -2.11. The van der Waals surface area contributed by atoms with Gasteiger partial charge < -0.3 is 5.32 Å². The predicted molar refractivity (Wildman–Crippen MR) is 69.3 cm³/mol. The van der Waals surface area contributed by atoms with E-state index in [4.69, 9.17) is 6.42 Å². The fourth-order valence-electron chi connectivity index (χ4n) is 1.32. The lowest BCUT2D eigenvalue weighted by atomic mass is 10.1. The van der Waals surface area contributed by atoms with Crippen molar-refractivity contribution in [1.29, 1.82) is 0 Å². The minimum absolute atomic E-state index is 0.00135. The minimum atomic E-state index is -0.0849. The van der Waals surface area contributed by atoms with E-state index < -0.39 is 0 Å². The summed E-state index contributed by atoms with van der Waals surface area (Å²) in [4.78, 5) is 11.8. The van der Waals surface area contributed by atoms with Gasteiger partial charge in [-0.25, -0.2) is 0 Å². The van der Waals surface area contributed by atoms with Gasteiger partial charge in [-0.15, -0.1) is 12.3 Å². The standard InChI is InChI=1S/C13H14BrNO/c1-4-5-10(3)15-13(16)11-6-7-12(14)9(2)8-11/h1,6-8,10H,5H2,2-3H3,(H,15,16). The normalized spacial score (nSPS) is 11.6. The van der Waals surface area contributed by atoms with Gasteiger partial charge in [0.1, 0.15) is 0 Å². The lowest BCUT2D eigenvalue weighted by molar-refractivity contribution is 0.0941. The van der Waals surface area contributed by atoms with Crippen molar-refractivity contribution in [1.82, 2.24) is 5.32 Å². The third-order valence-corrected chi connectivity index (χ3v) is 3.11. The van der Waals surface area contributed by atoms with E-state index in [1.54, 1.807) is 6.07 Å². The molecule has 0 saturated carbocycles. The van der Waals surface area contributed by atoms with Crippen LogP contribution in [-0.4, -0.2) is 11.9 Å². The molecule has 1 rings (SSSR count). The predicted octanol–water partition coefficient (Wildman–Crippen LogP) is 2.90. The number of hydrogen-bond donors (Lipinski definition) is 1. The SMILES string of the molecule is C#CCC(C)NC(=O)c1ccc(Br)c(C)c1. The van der Waals surface area contributed by atoms with Crippen LogP contribution in [-0.2, 0) is 0 Å². The third kappa shape index (κ3) is 3.39. The van der Waals surface area contributed by atoms with Crippen molar-refractivity contribution in [2.75, 3.05) is 0 Å². The summed E-state index contributed by atoms with van der Waals surface area (Å²) in [5.74, 6) is 2.44. The van der Waals surface area contributed by atoms with E-state index in [9.17, 15) is 4.79 Å². The summed E-state index contributed by atoms with van der Waals surface area (Å²) in [6.45, 7) is 3.84. The van der Waals surface area contributed by atoms with E-state index >= 15 is 0 Å². The first-order valence-electron chi connectivity index (χ1n) is 5.05. The zero-order valence-electron chi connectivity index (χ0n) is 9.38. The fourth-order valence-corrected chi connectivity index (χ4v) is 1.57. The van der Waals surface area contributed by atoms with E-state index in [0.29, 0.717) is 12.0 Å². The van der Waals surface area contributed by atoms with Crippen LogP contribution in [0.25, 0.3) is 0 Å². The highest BCUT2D eigenvalue weighted by molar-refractivity contribution is 9.10. The molecule has 0 aliphatic rings. The molecular formula is C13H14BrNO. The Hall–Kier alpha value is -1.27. The number of benzene rings is 1. The molecule has 1 unspecified atom stereocenters. The summed E-state index contributed by atoms with van der Waals surface area (Å²) in [5.41, 5.74) is 1.70. The maximum Gasteiger partial charge on any atom is 0.251 e. The van der Waals surface area contributed by atoms with Crippen LogP contribution >= 0.6 is 15.9 Å². The molecule has 0 fully saturated rings. The van der Waals surface area contributed by atoms with E-state index in [1.165, 1.54) is 0 Å². The monoisotopic (exact) mass is 279 g/mol. The quantitative estimate of drug-likeness (QED) is 0.847. The number of terminal acetylenes is 1. The average molecular weight is 280 g/mol. The van der Waals surface area contributed by atoms with Gasteiger partial charge in [-0.05, 0) is 37.6 Å². The molecule has 0 radical (unpaired) electrons. The molecule has 0 aliphatic heterocycles. The smallest absolute Gasteiger partial charge is 0.251 e. The molecule has 0 aliphatic carbocycles. The Morgan fingerprint density at radius 1 is 1.62 bits per heavy atom. The maximum atomic E-state index is 11.8. The van der Waals surface area contributed by atoms with Crippen LogP contribution in [0.1, 0.15) is 29.3 Å². The molecule has 1 amide bonds. The molecule has 1 N–H and O–H groups in total. The summed E-state index contributed by atoms with van der Waals surface area (Å²) in [6, 6.07) is 5.51. The van der Waals surface area contributed by atoms with E-state index in [2.05, 4.69) is 27.2 Å². The second-order valence-corrected chi connectivity index (χ2v) is 4.60. The highest BCUT2D eigenvalue weighted by Gasteiger charge is 2.09. The first-order chi connectivity index (χ1) is 7.54. The maximum absolute atomic E-state index is 11.8. The summed E-state index contributed by atoms with van der Waals surface area (Å²) >= 11 is 3.40. The molecule has 1 aromatic rings. The van der Waals surface area contributed by atoms with Crippen molar-refractivity contribution < 1.29 is 4.79 Å². The number of nitrogens with one attached hydrogen (secondary N) is 1. The number of carbonyl (C=O) groups is 1. The first-order valence-corrected chi connectivity index (χ1v) is 5.84. The van der Waals surface area contributed by atoms with Gasteiger partial charge in [-0.3, -0.25) is 4.79 Å². The molecule has 0 bridgehead atoms. The molecule has 0 spiro atoms. The zero-order valence-corrected chi connectivity index (χ0v) is 11.0. The summed E-state index contributed by atoms with van der Waals surface area (Å²) in [5, 5.41) is 2.85. The van der Waals surface area contributed by atoms with Crippen molar-refractivity contribution in [3.63, 3.8) is 0 Å². The van der Waals surface area contributed by atoms with E-state index in [-0.39, 0.29) is 11.9 Å². The van der Waals surface area contributed by atoms with E-state index in [1.807, 2.05) is 26.0 Å². The largest absolute Gasteiger partial charge is 0.349 e. The Kier molecular flexibility index (Phi) is 4.57. The molecule has 2 nitrogen and oxygen atoms in total. The van der Waals surface area contributed by atoms with Crippen molar-refractivity contribution in [2.45, 2.75) is 26.3 Å². The second kappa shape index (κ2) is 5.72. The van der Waals surface area contributed by atoms with Crippen LogP contribution in [0.5, 0.6) is 0 Å². The summed E-state index contributed by atoms with van der Waals surface area (Å²) in [7, 11) is 0. The molecule has 1 aromatic carbocycles. The van der Waals surface area contributed by atoms with Gasteiger partial charge in [-0.2, -0.15) is 0 Å². The number of halogens is 1. The van der Waals surface area contributed by atoms with Gasteiger partial charge in [0, 0.05) is 22.5 Å². The molecule has 1 atom stereocenters. The topological polar surface area (TPSA) is 29.1 Å². The highest BCUT2D eigenvalue weighted by atomic mass is 79.9. The van der Waals surface area contributed by atoms with Crippen molar-refractivity contribution in [3.8, 4) is 12.3 Å². The lowest BCUT2D eigenvalue weighted by Crippen LogP contribution is -2.32. The Morgan fingerprint density at radius 3 is 2.88 bits per heavy atom.